The molecule has 0 atom stereocenters. The second-order valence-electron chi connectivity index (χ2n) is 6.30. The minimum Gasteiger partial charge on any atom is -0.393 e. The molecule has 10 heteroatoms. The van der Waals surface area contributed by atoms with Gasteiger partial charge in [-0.3, -0.25) is 4.98 Å². The Morgan fingerprint density at radius 1 is 0.900 bits per heavy atom. The van der Waals surface area contributed by atoms with E-state index in [1.807, 2.05) is 30.3 Å². The standard InChI is InChI=1S/C20H14ClF3N6/c21-14-7-6-11(9-13(14)20(22,23)24)29-18-17(25)19(28-10-27-18)30-16-5-1-4-15-12(16)3-2-8-26-15/h1-10H,25H2,(H2,27,28,29,30). The molecule has 0 amide bonds. The summed E-state index contributed by atoms with van der Waals surface area (Å²) >= 11 is 5.67. The number of fused-ring (bicyclic) bond motifs is 1. The quantitative estimate of drug-likeness (QED) is 0.381. The van der Waals surface area contributed by atoms with Crippen LogP contribution in [0.2, 0.25) is 5.02 Å². The maximum atomic E-state index is 13.1. The number of rotatable bonds is 4. The van der Waals surface area contributed by atoms with Crippen molar-refractivity contribution in [1.82, 2.24) is 15.0 Å². The van der Waals surface area contributed by atoms with E-state index in [-0.39, 0.29) is 17.2 Å². The molecule has 2 aromatic carbocycles. The van der Waals surface area contributed by atoms with E-state index in [4.69, 9.17) is 17.3 Å². The maximum absolute atomic E-state index is 13.1. The summed E-state index contributed by atoms with van der Waals surface area (Å²) < 4.78 is 39.3. The topological polar surface area (TPSA) is 88.8 Å². The second-order valence-corrected chi connectivity index (χ2v) is 6.71. The lowest BCUT2D eigenvalue weighted by Crippen LogP contribution is -2.08. The van der Waals surface area contributed by atoms with Gasteiger partial charge in [-0.05, 0) is 42.5 Å². The summed E-state index contributed by atoms with van der Waals surface area (Å²) in [5, 5.41) is 6.39. The minimum atomic E-state index is -4.58. The van der Waals surface area contributed by atoms with Crippen molar-refractivity contribution in [3.8, 4) is 0 Å². The van der Waals surface area contributed by atoms with Gasteiger partial charge >= 0.3 is 6.18 Å². The van der Waals surface area contributed by atoms with Crippen LogP contribution < -0.4 is 16.4 Å². The van der Waals surface area contributed by atoms with Gasteiger partial charge in [-0.1, -0.05) is 17.7 Å². The monoisotopic (exact) mass is 430 g/mol. The molecule has 2 heterocycles. The zero-order chi connectivity index (χ0) is 21.3. The van der Waals surface area contributed by atoms with E-state index in [2.05, 4.69) is 25.6 Å². The first-order chi connectivity index (χ1) is 14.3. The number of nitrogens with zero attached hydrogens (tertiary/aromatic N) is 3. The molecule has 0 spiro atoms. The molecule has 4 aromatic rings. The Bertz CT molecular complexity index is 1220. The van der Waals surface area contributed by atoms with Gasteiger partial charge in [-0.15, -0.1) is 0 Å². The van der Waals surface area contributed by atoms with Crippen LogP contribution in [0.4, 0.5) is 41.9 Å². The molecule has 4 rings (SSSR count). The number of benzene rings is 2. The lowest BCUT2D eigenvalue weighted by Gasteiger charge is -2.15. The van der Waals surface area contributed by atoms with Crippen LogP contribution in [-0.2, 0) is 6.18 Å². The molecular formula is C20H14ClF3N6. The number of nitrogen functional groups attached to an aromatic ring is 1. The molecule has 0 bridgehead atoms. The van der Waals surface area contributed by atoms with Crippen molar-refractivity contribution in [3.05, 3.63) is 71.6 Å². The molecule has 4 N–H and O–H groups in total. The first kappa shape index (κ1) is 19.7. The fourth-order valence-electron chi connectivity index (χ4n) is 2.89. The fraction of sp³-hybridized carbons (Fsp3) is 0.0500. The molecule has 30 heavy (non-hydrogen) atoms. The number of aromatic nitrogens is 3. The molecule has 0 saturated carbocycles. The average Bonchev–Trinajstić information content (AvgIpc) is 2.72. The molecule has 0 radical (unpaired) electrons. The van der Waals surface area contributed by atoms with Gasteiger partial charge in [-0.25, -0.2) is 9.97 Å². The summed E-state index contributed by atoms with van der Waals surface area (Å²) in [6.07, 6.45) is -1.64. The van der Waals surface area contributed by atoms with Crippen molar-refractivity contribution >= 4 is 51.2 Å². The number of anilines is 5. The normalized spacial score (nSPS) is 11.5. The highest BCUT2D eigenvalue weighted by Gasteiger charge is 2.33. The Morgan fingerprint density at radius 2 is 1.67 bits per heavy atom. The van der Waals surface area contributed by atoms with Gasteiger partial charge in [0, 0.05) is 23.0 Å². The van der Waals surface area contributed by atoms with Crippen LogP contribution in [0.5, 0.6) is 0 Å². The summed E-state index contributed by atoms with van der Waals surface area (Å²) in [4.78, 5) is 12.5. The summed E-state index contributed by atoms with van der Waals surface area (Å²) in [6.45, 7) is 0. The Kier molecular flexibility index (Phi) is 5.04. The average molecular weight is 431 g/mol. The summed E-state index contributed by atoms with van der Waals surface area (Å²) in [5.41, 5.74) is 7.00. The van der Waals surface area contributed by atoms with Crippen molar-refractivity contribution in [2.24, 2.45) is 0 Å². The van der Waals surface area contributed by atoms with E-state index in [9.17, 15) is 13.2 Å². The largest absolute Gasteiger partial charge is 0.417 e. The number of nitrogens with one attached hydrogen (secondary N) is 2. The third-order valence-electron chi connectivity index (χ3n) is 4.32. The van der Waals surface area contributed by atoms with Crippen LogP contribution in [0.15, 0.2) is 61.1 Å². The molecule has 0 aliphatic carbocycles. The van der Waals surface area contributed by atoms with Crippen molar-refractivity contribution < 1.29 is 13.2 Å². The number of alkyl halides is 3. The Morgan fingerprint density at radius 3 is 2.43 bits per heavy atom. The maximum Gasteiger partial charge on any atom is 0.417 e. The van der Waals surface area contributed by atoms with E-state index in [0.29, 0.717) is 5.82 Å². The van der Waals surface area contributed by atoms with Gasteiger partial charge in [0.25, 0.3) is 0 Å². The van der Waals surface area contributed by atoms with E-state index in [0.717, 1.165) is 28.7 Å². The lowest BCUT2D eigenvalue weighted by molar-refractivity contribution is -0.137. The molecule has 0 fully saturated rings. The number of hydrogen-bond donors (Lipinski definition) is 3. The highest BCUT2D eigenvalue weighted by molar-refractivity contribution is 6.31. The molecular weight excluding hydrogens is 417 g/mol. The Hall–Kier alpha value is -3.59. The first-order valence-corrected chi connectivity index (χ1v) is 9.06. The van der Waals surface area contributed by atoms with Gasteiger partial charge < -0.3 is 16.4 Å². The predicted molar refractivity (Wildman–Crippen MR) is 111 cm³/mol. The first-order valence-electron chi connectivity index (χ1n) is 8.68. The minimum absolute atomic E-state index is 0.137. The van der Waals surface area contributed by atoms with Crippen LogP contribution in [0, 0.1) is 0 Å². The highest BCUT2D eigenvalue weighted by atomic mass is 35.5. The lowest BCUT2D eigenvalue weighted by atomic mass is 10.2. The zero-order valence-electron chi connectivity index (χ0n) is 15.2. The number of nitrogens with two attached hydrogens (primary N) is 1. The Balaban J connectivity index is 1.66. The SMILES string of the molecule is Nc1c(Nc2ccc(Cl)c(C(F)(F)F)c2)ncnc1Nc1cccc2ncccc12. The number of pyridine rings is 1. The highest BCUT2D eigenvalue weighted by Crippen LogP contribution is 2.37. The molecule has 2 aromatic heterocycles. The summed E-state index contributed by atoms with van der Waals surface area (Å²) in [5.74, 6) is 0.454. The third-order valence-corrected chi connectivity index (χ3v) is 4.65. The molecule has 6 nitrogen and oxygen atoms in total. The van der Waals surface area contributed by atoms with E-state index in [1.54, 1.807) is 6.20 Å². The van der Waals surface area contributed by atoms with E-state index >= 15 is 0 Å². The molecule has 0 aliphatic heterocycles. The van der Waals surface area contributed by atoms with Gasteiger partial charge in [0.15, 0.2) is 11.6 Å². The van der Waals surface area contributed by atoms with Crippen LogP contribution in [-0.4, -0.2) is 15.0 Å². The van der Waals surface area contributed by atoms with Crippen LogP contribution >= 0.6 is 11.6 Å². The van der Waals surface area contributed by atoms with Crippen molar-refractivity contribution in [3.63, 3.8) is 0 Å². The smallest absolute Gasteiger partial charge is 0.393 e. The summed E-state index contributed by atoms with van der Waals surface area (Å²) in [6, 6.07) is 12.7. The fourth-order valence-corrected chi connectivity index (χ4v) is 3.12. The predicted octanol–water partition coefficient (Wildman–Crippen LogP) is 5.77. The molecule has 0 aliphatic rings. The van der Waals surface area contributed by atoms with Gasteiger partial charge in [0.05, 0.1) is 16.1 Å². The van der Waals surface area contributed by atoms with Gasteiger partial charge in [0.2, 0.25) is 0 Å². The van der Waals surface area contributed by atoms with Gasteiger partial charge in [-0.2, -0.15) is 13.2 Å². The van der Waals surface area contributed by atoms with Crippen molar-refractivity contribution in [1.29, 1.82) is 0 Å². The molecule has 0 unspecified atom stereocenters. The van der Waals surface area contributed by atoms with Crippen molar-refractivity contribution in [2.45, 2.75) is 6.18 Å². The number of hydrogen-bond acceptors (Lipinski definition) is 6. The van der Waals surface area contributed by atoms with E-state index in [1.165, 1.54) is 12.4 Å². The van der Waals surface area contributed by atoms with Gasteiger partial charge in [0.1, 0.15) is 12.0 Å². The van der Waals surface area contributed by atoms with Crippen LogP contribution in [0.25, 0.3) is 10.9 Å². The third kappa shape index (κ3) is 3.92. The van der Waals surface area contributed by atoms with Crippen molar-refractivity contribution in [2.75, 3.05) is 16.4 Å². The molecule has 0 saturated heterocycles. The number of halogens is 4. The van der Waals surface area contributed by atoms with E-state index < -0.39 is 16.8 Å². The van der Waals surface area contributed by atoms with Crippen LogP contribution in [0.3, 0.4) is 0 Å². The molecule has 152 valence electrons. The zero-order valence-corrected chi connectivity index (χ0v) is 16.0. The summed E-state index contributed by atoms with van der Waals surface area (Å²) in [7, 11) is 0. The Labute approximate surface area is 173 Å². The second kappa shape index (κ2) is 7.68. The van der Waals surface area contributed by atoms with Crippen LogP contribution in [0.1, 0.15) is 5.56 Å².